The highest BCUT2D eigenvalue weighted by Gasteiger charge is 2.20. The average molecular weight is 317 g/mol. The summed E-state index contributed by atoms with van der Waals surface area (Å²) in [4.78, 5) is 0. The van der Waals surface area contributed by atoms with E-state index >= 15 is 0 Å². The van der Waals surface area contributed by atoms with E-state index in [1.165, 1.54) is 83.5 Å². The summed E-state index contributed by atoms with van der Waals surface area (Å²) in [5.41, 5.74) is 0. The Balaban J connectivity index is 1.55. The monoisotopic (exact) mass is 316 g/mol. The summed E-state index contributed by atoms with van der Waals surface area (Å²) in [7, 11) is 0. The fraction of sp³-hybridized carbons (Fsp3) is 0.826. The van der Waals surface area contributed by atoms with Crippen molar-refractivity contribution in [3.63, 3.8) is 0 Å². The Morgan fingerprint density at radius 2 is 1.17 bits per heavy atom. The van der Waals surface area contributed by atoms with Gasteiger partial charge in [-0.2, -0.15) is 0 Å². The number of hydrogen-bond acceptors (Lipinski definition) is 0. The molecule has 0 unspecified atom stereocenters. The van der Waals surface area contributed by atoms with Crippen molar-refractivity contribution in [3.8, 4) is 0 Å². The van der Waals surface area contributed by atoms with Gasteiger partial charge in [-0.1, -0.05) is 63.8 Å². The van der Waals surface area contributed by atoms with E-state index in [4.69, 9.17) is 0 Å². The van der Waals surface area contributed by atoms with Crippen molar-refractivity contribution >= 4 is 0 Å². The zero-order valence-electron chi connectivity index (χ0n) is 15.8. The zero-order valence-corrected chi connectivity index (χ0v) is 15.8. The second kappa shape index (κ2) is 11.1. The molecule has 0 heterocycles. The van der Waals surface area contributed by atoms with Crippen LogP contribution in [-0.4, -0.2) is 0 Å². The van der Waals surface area contributed by atoms with E-state index < -0.39 is 0 Å². The van der Waals surface area contributed by atoms with Gasteiger partial charge >= 0.3 is 0 Å². The van der Waals surface area contributed by atoms with Crippen molar-refractivity contribution in [1.82, 2.24) is 0 Å². The summed E-state index contributed by atoms with van der Waals surface area (Å²) in [6.45, 7) is 4.57. The quantitative estimate of drug-likeness (QED) is 0.402. The van der Waals surface area contributed by atoms with E-state index in [1.54, 1.807) is 0 Å². The van der Waals surface area contributed by atoms with Crippen molar-refractivity contribution in [2.75, 3.05) is 0 Å². The SMILES string of the molecule is CC/C=C/[C@H]1CC[C@H](C/C=C\C[C@H]2CC[C@H](CCC)CC2)CC1. The van der Waals surface area contributed by atoms with Crippen LogP contribution in [0.15, 0.2) is 24.3 Å². The van der Waals surface area contributed by atoms with Gasteiger partial charge in [0.15, 0.2) is 0 Å². The third-order valence-electron chi connectivity index (χ3n) is 6.30. The lowest BCUT2D eigenvalue weighted by Crippen LogP contribution is -2.14. The van der Waals surface area contributed by atoms with E-state index in [9.17, 15) is 0 Å². The van der Waals surface area contributed by atoms with Gasteiger partial charge in [0.25, 0.3) is 0 Å². The third kappa shape index (κ3) is 7.27. The lowest BCUT2D eigenvalue weighted by Gasteiger charge is -2.28. The lowest BCUT2D eigenvalue weighted by molar-refractivity contribution is 0.263. The van der Waals surface area contributed by atoms with E-state index in [-0.39, 0.29) is 0 Å². The Labute approximate surface area is 145 Å². The summed E-state index contributed by atoms with van der Waals surface area (Å²) < 4.78 is 0. The fourth-order valence-electron chi connectivity index (χ4n) is 4.69. The van der Waals surface area contributed by atoms with Gasteiger partial charge in [-0.15, -0.1) is 0 Å². The van der Waals surface area contributed by atoms with Crippen LogP contribution in [0.3, 0.4) is 0 Å². The largest absolute Gasteiger partial charge is 0.0885 e. The average Bonchev–Trinajstić information content (AvgIpc) is 2.59. The predicted molar refractivity (Wildman–Crippen MR) is 104 cm³/mol. The van der Waals surface area contributed by atoms with Gasteiger partial charge in [0.2, 0.25) is 0 Å². The molecule has 0 N–H and O–H groups in total. The molecule has 0 heteroatoms. The maximum Gasteiger partial charge on any atom is -0.0233 e. The molecule has 2 aliphatic rings. The minimum atomic E-state index is 0.883. The molecule has 0 saturated heterocycles. The lowest BCUT2D eigenvalue weighted by atomic mass is 9.78. The van der Waals surface area contributed by atoms with E-state index in [0.29, 0.717) is 0 Å². The highest BCUT2D eigenvalue weighted by Crippen LogP contribution is 2.34. The van der Waals surface area contributed by atoms with Gasteiger partial charge in [-0.05, 0) is 81.5 Å². The molecule has 0 radical (unpaired) electrons. The molecular weight excluding hydrogens is 276 g/mol. The van der Waals surface area contributed by atoms with Gasteiger partial charge in [-0.3, -0.25) is 0 Å². The van der Waals surface area contributed by atoms with Crippen molar-refractivity contribution in [2.24, 2.45) is 23.7 Å². The minimum absolute atomic E-state index is 0.883. The first-order valence-corrected chi connectivity index (χ1v) is 10.6. The molecule has 132 valence electrons. The Bertz CT molecular complexity index is 335. The maximum atomic E-state index is 2.52. The second-order valence-electron chi connectivity index (χ2n) is 8.24. The van der Waals surface area contributed by atoms with Gasteiger partial charge in [0, 0.05) is 0 Å². The number of hydrogen-bond donors (Lipinski definition) is 0. The topological polar surface area (TPSA) is 0 Å². The normalized spacial score (nSPS) is 32.8. The molecular formula is C23H40. The van der Waals surface area contributed by atoms with Crippen molar-refractivity contribution in [1.29, 1.82) is 0 Å². The first-order chi connectivity index (χ1) is 11.3. The molecule has 2 aliphatic carbocycles. The fourth-order valence-corrected chi connectivity index (χ4v) is 4.69. The molecule has 0 nitrogen and oxygen atoms in total. The summed E-state index contributed by atoms with van der Waals surface area (Å²) in [6, 6.07) is 0. The zero-order chi connectivity index (χ0) is 16.3. The molecule has 0 aromatic rings. The molecule has 0 spiro atoms. The van der Waals surface area contributed by atoms with Crippen LogP contribution in [0.4, 0.5) is 0 Å². The van der Waals surface area contributed by atoms with Crippen LogP contribution in [0, 0.1) is 23.7 Å². The van der Waals surface area contributed by atoms with Crippen LogP contribution in [0.25, 0.3) is 0 Å². The highest BCUT2D eigenvalue weighted by atomic mass is 14.3. The second-order valence-corrected chi connectivity index (χ2v) is 8.24. The first kappa shape index (κ1) is 18.8. The molecule has 23 heavy (non-hydrogen) atoms. The molecule has 0 bridgehead atoms. The molecule has 0 atom stereocenters. The Hall–Kier alpha value is -0.520. The molecule has 2 saturated carbocycles. The van der Waals surface area contributed by atoms with Crippen molar-refractivity contribution < 1.29 is 0 Å². The van der Waals surface area contributed by atoms with E-state index in [0.717, 1.165) is 23.7 Å². The van der Waals surface area contributed by atoms with Gasteiger partial charge in [0.1, 0.15) is 0 Å². The van der Waals surface area contributed by atoms with Crippen LogP contribution < -0.4 is 0 Å². The van der Waals surface area contributed by atoms with Crippen LogP contribution in [0.2, 0.25) is 0 Å². The van der Waals surface area contributed by atoms with E-state index in [1.807, 2.05) is 0 Å². The number of rotatable bonds is 8. The van der Waals surface area contributed by atoms with Gasteiger partial charge in [0.05, 0.1) is 0 Å². The Morgan fingerprint density at radius 3 is 1.70 bits per heavy atom. The smallest absolute Gasteiger partial charge is 0.0233 e. The summed E-state index contributed by atoms with van der Waals surface area (Å²) in [6.07, 6.45) is 28.4. The molecule has 0 aromatic carbocycles. The Morgan fingerprint density at radius 1 is 0.652 bits per heavy atom. The maximum absolute atomic E-state index is 2.52. The summed E-state index contributed by atoms with van der Waals surface area (Å²) >= 11 is 0. The summed E-state index contributed by atoms with van der Waals surface area (Å²) in [5, 5.41) is 0. The van der Waals surface area contributed by atoms with Crippen molar-refractivity contribution in [3.05, 3.63) is 24.3 Å². The van der Waals surface area contributed by atoms with Crippen LogP contribution in [-0.2, 0) is 0 Å². The first-order valence-electron chi connectivity index (χ1n) is 10.6. The van der Waals surface area contributed by atoms with Crippen LogP contribution in [0.5, 0.6) is 0 Å². The predicted octanol–water partition coefficient (Wildman–Crippen LogP) is 7.70. The third-order valence-corrected chi connectivity index (χ3v) is 6.30. The minimum Gasteiger partial charge on any atom is -0.0885 e. The van der Waals surface area contributed by atoms with Gasteiger partial charge < -0.3 is 0 Å². The standard InChI is InChI=1S/C23H40/c1-3-5-9-21-16-18-23(19-17-21)11-7-6-10-22-14-12-20(8-4-2)13-15-22/h5-7,9,20-23H,3-4,8,10-19H2,1-2H3/b7-6-,9-5+/t20-,21-,22-,23-. The molecule has 2 fully saturated rings. The molecule has 2 rings (SSSR count). The Kier molecular flexibility index (Phi) is 9.09. The molecule has 0 amide bonds. The van der Waals surface area contributed by atoms with E-state index in [2.05, 4.69) is 38.2 Å². The van der Waals surface area contributed by atoms with Gasteiger partial charge in [-0.25, -0.2) is 0 Å². The van der Waals surface area contributed by atoms with Crippen LogP contribution >= 0.6 is 0 Å². The highest BCUT2D eigenvalue weighted by molar-refractivity contribution is 4.93. The number of allylic oxidation sites excluding steroid dienone is 4. The van der Waals surface area contributed by atoms with Crippen LogP contribution in [0.1, 0.15) is 97.3 Å². The van der Waals surface area contributed by atoms with Crippen molar-refractivity contribution in [2.45, 2.75) is 97.3 Å². The summed E-state index contributed by atoms with van der Waals surface area (Å²) in [5.74, 6) is 3.90. The molecule has 0 aromatic heterocycles. The molecule has 0 aliphatic heterocycles.